The second-order valence-corrected chi connectivity index (χ2v) is 8.28. The molecule has 1 fully saturated rings. The number of carbonyl (C=O) groups is 2. The Hall–Kier alpha value is -1.30. The number of nitrogens with one attached hydrogen (secondary N) is 2. The first-order chi connectivity index (χ1) is 14.9. The topological polar surface area (TPSA) is 146 Å². The normalized spacial score (nSPS) is 20.2. The van der Waals surface area contributed by atoms with E-state index in [2.05, 4.69) is 10.6 Å². The molecule has 0 aromatic rings. The maximum atomic E-state index is 12.4. The minimum Gasteiger partial charge on any atom is -0.395 e. The molecular weight excluding hydrogens is 404 g/mol. The van der Waals surface area contributed by atoms with Crippen LogP contribution in [0.1, 0.15) is 45.4 Å². The molecule has 10 nitrogen and oxygen atoms in total. The summed E-state index contributed by atoms with van der Waals surface area (Å²) in [5.41, 5.74) is 0. The predicted molar refractivity (Wildman–Crippen MR) is 117 cm³/mol. The van der Waals surface area contributed by atoms with E-state index in [1.165, 1.54) is 0 Å². The highest BCUT2D eigenvalue weighted by Gasteiger charge is 2.32. The molecular formula is C21H42N4O6. The lowest BCUT2D eigenvalue weighted by atomic mass is 10.0. The molecule has 1 aliphatic heterocycles. The summed E-state index contributed by atoms with van der Waals surface area (Å²) in [7, 11) is 0. The van der Waals surface area contributed by atoms with E-state index in [9.17, 15) is 14.7 Å². The van der Waals surface area contributed by atoms with Gasteiger partial charge in [0.15, 0.2) is 0 Å². The van der Waals surface area contributed by atoms with Gasteiger partial charge in [-0.05, 0) is 58.5 Å². The molecule has 0 bridgehead atoms. The molecule has 1 aliphatic rings. The molecule has 0 aromatic heterocycles. The minimum absolute atomic E-state index is 0.0378. The summed E-state index contributed by atoms with van der Waals surface area (Å²) in [6.45, 7) is 5.32. The van der Waals surface area contributed by atoms with Crippen molar-refractivity contribution in [2.45, 2.75) is 63.6 Å². The maximum absolute atomic E-state index is 12.4. The van der Waals surface area contributed by atoms with Crippen LogP contribution < -0.4 is 10.6 Å². The quantitative estimate of drug-likeness (QED) is 0.136. The number of nitrogens with zero attached hydrogens (tertiary/aromatic N) is 2. The van der Waals surface area contributed by atoms with Crippen molar-refractivity contribution in [3.05, 3.63) is 0 Å². The van der Waals surface area contributed by atoms with E-state index in [-0.39, 0.29) is 31.6 Å². The number of hydrogen-bond acceptors (Lipinski definition) is 8. The van der Waals surface area contributed by atoms with Crippen molar-refractivity contribution < 1.29 is 30.0 Å². The van der Waals surface area contributed by atoms with Gasteiger partial charge in [0.2, 0.25) is 11.8 Å². The van der Waals surface area contributed by atoms with Crippen LogP contribution in [0.25, 0.3) is 0 Å². The van der Waals surface area contributed by atoms with Crippen LogP contribution in [-0.2, 0) is 9.59 Å². The smallest absolute Gasteiger partial charge is 0.243 e. The zero-order chi connectivity index (χ0) is 23.1. The van der Waals surface area contributed by atoms with Gasteiger partial charge in [0.1, 0.15) is 12.1 Å². The van der Waals surface area contributed by atoms with Gasteiger partial charge in [-0.15, -0.1) is 0 Å². The van der Waals surface area contributed by atoms with Crippen molar-refractivity contribution >= 4 is 11.8 Å². The zero-order valence-electron chi connectivity index (χ0n) is 18.8. The molecule has 0 aromatic carbocycles. The number of unbranched alkanes of at least 4 members (excludes halogenated alkanes) is 2. The molecule has 2 amide bonds. The van der Waals surface area contributed by atoms with Gasteiger partial charge in [-0.2, -0.15) is 0 Å². The summed E-state index contributed by atoms with van der Waals surface area (Å²) in [5, 5.41) is 42.3. The monoisotopic (exact) mass is 446 g/mol. The number of amides is 2. The Kier molecular flexibility index (Phi) is 14.6. The second kappa shape index (κ2) is 16.3. The van der Waals surface area contributed by atoms with E-state index in [0.29, 0.717) is 39.0 Å². The first-order valence-electron chi connectivity index (χ1n) is 11.5. The van der Waals surface area contributed by atoms with Gasteiger partial charge < -0.3 is 31.1 Å². The van der Waals surface area contributed by atoms with Gasteiger partial charge in [0, 0.05) is 26.2 Å². The Labute approximate surface area is 185 Å². The van der Waals surface area contributed by atoms with E-state index in [1.807, 2.05) is 9.80 Å². The fraction of sp³-hybridized carbons (Fsp3) is 0.905. The maximum Gasteiger partial charge on any atom is 0.243 e. The molecule has 10 heteroatoms. The van der Waals surface area contributed by atoms with Crippen molar-refractivity contribution in [2.75, 3.05) is 59.1 Å². The van der Waals surface area contributed by atoms with Gasteiger partial charge >= 0.3 is 0 Å². The third-order valence-electron chi connectivity index (χ3n) is 5.47. The molecule has 0 saturated carbocycles. The number of piperazine rings is 1. The Morgan fingerprint density at radius 3 is 1.58 bits per heavy atom. The number of hydrogen-bond donors (Lipinski definition) is 6. The van der Waals surface area contributed by atoms with Crippen LogP contribution in [0.2, 0.25) is 0 Å². The summed E-state index contributed by atoms with van der Waals surface area (Å²) in [6.07, 6.45) is 3.82. The van der Waals surface area contributed by atoms with E-state index < -0.39 is 18.2 Å². The zero-order valence-corrected chi connectivity index (χ0v) is 18.8. The summed E-state index contributed by atoms with van der Waals surface area (Å²) in [6, 6.07) is -1.03. The Balaban J connectivity index is 2.28. The Bertz CT molecular complexity index is 502. The lowest BCUT2D eigenvalue weighted by Gasteiger charge is -2.30. The minimum atomic E-state index is -0.517. The van der Waals surface area contributed by atoms with E-state index in [1.54, 1.807) is 6.92 Å². The molecule has 3 atom stereocenters. The van der Waals surface area contributed by atoms with E-state index in [4.69, 9.17) is 15.3 Å². The van der Waals surface area contributed by atoms with Gasteiger partial charge in [0.25, 0.3) is 0 Å². The van der Waals surface area contributed by atoms with Gasteiger partial charge in [-0.25, -0.2) is 0 Å². The summed E-state index contributed by atoms with van der Waals surface area (Å²) in [4.78, 5) is 28.7. The van der Waals surface area contributed by atoms with Crippen LogP contribution >= 0.6 is 0 Å². The largest absolute Gasteiger partial charge is 0.395 e. The molecule has 31 heavy (non-hydrogen) atoms. The van der Waals surface area contributed by atoms with E-state index in [0.717, 1.165) is 38.8 Å². The van der Waals surface area contributed by atoms with Crippen molar-refractivity contribution in [3.8, 4) is 0 Å². The van der Waals surface area contributed by atoms with Crippen LogP contribution in [-0.4, -0.2) is 119 Å². The van der Waals surface area contributed by atoms with Gasteiger partial charge in [0.05, 0.1) is 25.9 Å². The molecule has 1 heterocycles. The lowest BCUT2D eigenvalue weighted by Crippen LogP contribution is -2.61. The second-order valence-electron chi connectivity index (χ2n) is 8.28. The Morgan fingerprint density at radius 1 is 0.742 bits per heavy atom. The third-order valence-corrected chi connectivity index (χ3v) is 5.47. The summed E-state index contributed by atoms with van der Waals surface area (Å²) < 4.78 is 0. The van der Waals surface area contributed by atoms with Crippen LogP contribution in [0.3, 0.4) is 0 Å². The highest BCUT2D eigenvalue weighted by atomic mass is 16.3. The molecule has 0 aliphatic carbocycles. The molecule has 1 rings (SSSR count). The van der Waals surface area contributed by atoms with Crippen LogP contribution in [0.4, 0.5) is 0 Å². The molecule has 6 N–H and O–H groups in total. The molecule has 3 unspecified atom stereocenters. The summed E-state index contributed by atoms with van der Waals surface area (Å²) in [5.74, 6) is -0.300. The van der Waals surface area contributed by atoms with Crippen LogP contribution in [0.5, 0.6) is 0 Å². The predicted octanol–water partition coefficient (Wildman–Crippen LogP) is -1.73. The van der Waals surface area contributed by atoms with Crippen LogP contribution in [0.15, 0.2) is 0 Å². The highest BCUT2D eigenvalue weighted by molar-refractivity contribution is 5.96. The average Bonchev–Trinajstić information content (AvgIpc) is 2.71. The summed E-state index contributed by atoms with van der Waals surface area (Å²) >= 11 is 0. The van der Waals surface area contributed by atoms with Gasteiger partial charge in [-0.1, -0.05) is 0 Å². The first kappa shape index (κ1) is 27.7. The fourth-order valence-electron chi connectivity index (χ4n) is 3.88. The first-order valence-corrected chi connectivity index (χ1v) is 11.5. The van der Waals surface area contributed by atoms with Crippen LogP contribution in [0, 0.1) is 0 Å². The fourth-order valence-corrected chi connectivity index (χ4v) is 3.88. The molecule has 0 spiro atoms. The third kappa shape index (κ3) is 11.8. The van der Waals surface area contributed by atoms with Crippen molar-refractivity contribution in [3.63, 3.8) is 0 Å². The number of aliphatic hydroxyl groups is 4. The van der Waals surface area contributed by atoms with Crippen molar-refractivity contribution in [2.24, 2.45) is 0 Å². The molecule has 1 saturated heterocycles. The number of aliphatic hydroxyl groups excluding tert-OH is 4. The van der Waals surface area contributed by atoms with E-state index >= 15 is 0 Å². The standard InChI is InChI=1S/C21H42N4O6/c1-17(29)16-25(12-15-28)9-5-3-7-19-21(31)22-18(20(30)23-19)6-2-4-8-24(10-13-26)11-14-27/h17-19,26-29H,2-16H2,1H3,(H,22,31)(H,23,30). The van der Waals surface area contributed by atoms with Crippen molar-refractivity contribution in [1.29, 1.82) is 0 Å². The van der Waals surface area contributed by atoms with Gasteiger partial charge in [-0.3, -0.25) is 19.4 Å². The highest BCUT2D eigenvalue weighted by Crippen LogP contribution is 2.11. The number of rotatable bonds is 18. The van der Waals surface area contributed by atoms with Crippen molar-refractivity contribution in [1.82, 2.24) is 20.4 Å². The Morgan fingerprint density at radius 2 is 1.16 bits per heavy atom. The molecule has 0 radical (unpaired) electrons. The SMILES string of the molecule is CC(O)CN(CCO)CCCCC1NC(=O)C(CCCCN(CCO)CCO)NC1=O. The lowest BCUT2D eigenvalue weighted by molar-refractivity contribution is -0.137. The number of carbonyl (C=O) groups excluding carboxylic acids is 2. The molecule has 182 valence electrons. The average molecular weight is 447 g/mol.